The maximum absolute atomic E-state index is 6.30. The van der Waals surface area contributed by atoms with Crippen LogP contribution >= 0.6 is 0 Å². The van der Waals surface area contributed by atoms with Gasteiger partial charge in [0, 0.05) is 21.7 Å². The van der Waals surface area contributed by atoms with Crippen LogP contribution in [0.2, 0.25) is 0 Å². The van der Waals surface area contributed by atoms with Gasteiger partial charge < -0.3 is 9.40 Å². The first-order valence-electron chi connectivity index (χ1n) is 9.34. The summed E-state index contributed by atoms with van der Waals surface area (Å²) in [6, 6.07) is 25.9. The molecule has 0 radical (unpaired) electrons. The van der Waals surface area contributed by atoms with Gasteiger partial charge in [0.1, 0.15) is 11.2 Å². The van der Waals surface area contributed by atoms with Gasteiger partial charge in [-0.1, -0.05) is 54.6 Å². The van der Waals surface area contributed by atoms with Crippen LogP contribution in [0.3, 0.4) is 0 Å². The zero-order valence-electron chi connectivity index (χ0n) is 14.5. The van der Waals surface area contributed by atoms with Crippen molar-refractivity contribution in [2.75, 3.05) is 0 Å². The van der Waals surface area contributed by atoms with Crippen LogP contribution in [0.1, 0.15) is 11.1 Å². The minimum absolute atomic E-state index is 0.945. The molecular weight excluding hydrogens is 330 g/mol. The highest BCUT2D eigenvalue weighted by Crippen LogP contribution is 2.44. The number of fused-ring (bicyclic) bond motifs is 11. The number of para-hydroxylation sites is 1. The number of aromatic amines is 1. The second-order valence-corrected chi connectivity index (χ2v) is 7.44. The molecule has 0 aliphatic heterocycles. The molecule has 1 aliphatic rings. The van der Waals surface area contributed by atoms with Crippen LogP contribution in [0, 0.1) is 0 Å². The maximum atomic E-state index is 6.30. The number of H-pyrrole nitrogens is 1. The Balaban J connectivity index is 1.69. The summed E-state index contributed by atoms with van der Waals surface area (Å²) in [7, 11) is 0. The largest absolute Gasteiger partial charge is 0.455 e. The Labute approximate surface area is 155 Å². The number of hydrogen-bond acceptors (Lipinski definition) is 1. The molecule has 1 aliphatic carbocycles. The zero-order valence-corrected chi connectivity index (χ0v) is 14.5. The lowest BCUT2D eigenvalue weighted by Gasteiger charge is -2.03. The van der Waals surface area contributed by atoms with Crippen LogP contribution < -0.4 is 0 Å². The lowest BCUT2D eigenvalue weighted by molar-refractivity contribution is 0.673. The van der Waals surface area contributed by atoms with Crippen molar-refractivity contribution in [3.63, 3.8) is 0 Å². The summed E-state index contributed by atoms with van der Waals surface area (Å²) in [5, 5.41) is 4.78. The van der Waals surface area contributed by atoms with Crippen LogP contribution in [-0.2, 0) is 6.42 Å². The van der Waals surface area contributed by atoms with Crippen molar-refractivity contribution in [3.05, 3.63) is 83.9 Å². The van der Waals surface area contributed by atoms with Crippen LogP contribution in [0.25, 0.3) is 54.9 Å². The predicted molar refractivity (Wildman–Crippen MR) is 111 cm³/mol. The highest BCUT2D eigenvalue weighted by Gasteiger charge is 2.23. The Morgan fingerprint density at radius 2 is 1.56 bits per heavy atom. The fourth-order valence-corrected chi connectivity index (χ4v) is 4.86. The molecule has 126 valence electrons. The standard InChI is InChI=1S/C25H15NO/c1-2-6-16-14(5-1)13-15-9-10-19-23-20(26-24(19)22(15)16)12-11-18-17-7-3-4-8-21(17)27-25(18)23/h1-12,26H,13H2. The van der Waals surface area contributed by atoms with E-state index in [4.69, 9.17) is 4.42 Å². The van der Waals surface area contributed by atoms with Crippen molar-refractivity contribution in [1.29, 1.82) is 0 Å². The first kappa shape index (κ1) is 13.7. The molecule has 0 atom stereocenters. The van der Waals surface area contributed by atoms with Gasteiger partial charge in [-0.25, -0.2) is 0 Å². The van der Waals surface area contributed by atoms with E-state index in [9.17, 15) is 0 Å². The molecule has 2 nitrogen and oxygen atoms in total. The van der Waals surface area contributed by atoms with E-state index < -0.39 is 0 Å². The van der Waals surface area contributed by atoms with Crippen LogP contribution in [-0.4, -0.2) is 4.98 Å². The van der Waals surface area contributed by atoms with Crippen molar-refractivity contribution >= 4 is 43.7 Å². The number of hydrogen-bond donors (Lipinski definition) is 1. The van der Waals surface area contributed by atoms with E-state index >= 15 is 0 Å². The molecule has 2 heterocycles. The van der Waals surface area contributed by atoms with Gasteiger partial charge in [-0.15, -0.1) is 0 Å². The quantitative estimate of drug-likeness (QED) is 0.322. The summed E-state index contributed by atoms with van der Waals surface area (Å²) < 4.78 is 6.30. The van der Waals surface area contributed by atoms with Gasteiger partial charge in [-0.05, 0) is 41.3 Å². The molecule has 0 spiro atoms. The fraction of sp³-hybridized carbons (Fsp3) is 0.0400. The topological polar surface area (TPSA) is 28.9 Å². The number of nitrogens with one attached hydrogen (secondary N) is 1. The Hall–Kier alpha value is -3.52. The number of aromatic nitrogens is 1. The van der Waals surface area contributed by atoms with Gasteiger partial charge in [0.2, 0.25) is 0 Å². The Kier molecular flexibility index (Phi) is 2.33. The van der Waals surface area contributed by atoms with E-state index in [2.05, 4.69) is 65.6 Å². The number of rotatable bonds is 0. The molecule has 27 heavy (non-hydrogen) atoms. The first-order valence-corrected chi connectivity index (χ1v) is 9.34. The molecule has 0 unspecified atom stereocenters. The zero-order chi connectivity index (χ0) is 17.5. The van der Waals surface area contributed by atoms with Gasteiger partial charge in [-0.2, -0.15) is 0 Å². The highest BCUT2D eigenvalue weighted by molar-refractivity contribution is 6.24. The predicted octanol–water partition coefficient (Wildman–Crippen LogP) is 6.79. The third-order valence-electron chi connectivity index (χ3n) is 6.04. The molecule has 7 rings (SSSR count). The van der Waals surface area contributed by atoms with E-state index in [1.165, 1.54) is 49.3 Å². The monoisotopic (exact) mass is 345 g/mol. The van der Waals surface area contributed by atoms with Gasteiger partial charge >= 0.3 is 0 Å². The molecule has 0 bridgehead atoms. The summed E-state index contributed by atoms with van der Waals surface area (Å²) in [5.41, 5.74) is 9.79. The van der Waals surface area contributed by atoms with Crippen LogP contribution in [0.5, 0.6) is 0 Å². The maximum Gasteiger partial charge on any atom is 0.145 e. The molecule has 0 saturated heterocycles. The van der Waals surface area contributed by atoms with E-state index in [1.54, 1.807) is 0 Å². The van der Waals surface area contributed by atoms with Gasteiger partial charge in [0.15, 0.2) is 0 Å². The third kappa shape index (κ3) is 1.61. The minimum atomic E-state index is 0.945. The number of benzene rings is 4. The van der Waals surface area contributed by atoms with Crippen molar-refractivity contribution in [2.45, 2.75) is 6.42 Å². The van der Waals surface area contributed by atoms with E-state index in [0.717, 1.165) is 23.1 Å². The molecule has 2 aromatic heterocycles. The Morgan fingerprint density at radius 1 is 0.704 bits per heavy atom. The first-order chi connectivity index (χ1) is 13.4. The van der Waals surface area contributed by atoms with Crippen LogP contribution in [0.15, 0.2) is 77.2 Å². The Morgan fingerprint density at radius 3 is 2.56 bits per heavy atom. The molecule has 6 aromatic rings. The molecule has 1 N–H and O–H groups in total. The van der Waals surface area contributed by atoms with Crippen molar-refractivity contribution in [1.82, 2.24) is 4.98 Å². The Bertz CT molecular complexity index is 1550. The summed E-state index contributed by atoms with van der Waals surface area (Å²) >= 11 is 0. The van der Waals surface area contributed by atoms with Crippen molar-refractivity contribution in [3.8, 4) is 11.1 Å². The minimum Gasteiger partial charge on any atom is -0.455 e. The van der Waals surface area contributed by atoms with E-state index in [-0.39, 0.29) is 0 Å². The summed E-state index contributed by atoms with van der Waals surface area (Å²) in [4.78, 5) is 3.70. The summed E-state index contributed by atoms with van der Waals surface area (Å²) in [5.74, 6) is 0. The molecule has 2 heteroatoms. The van der Waals surface area contributed by atoms with Crippen LogP contribution in [0.4, 0.5) is 0 Å². The summed E-state index contributed by atoms with van der Waals surface area (Å²) in [6.45, 7) is 0. The second-order valence-electron chi connectivity index (χ2n) is 7.44. The molecule has 0 fully saturated rings. The second kappa shape index (κ2) is 4.60. The van der Waals surface area contributed by atoms with E-state index in [1.807, 2.05) is 12.1 Å². The smallest absolute Gasteiger partial charge is 0.145 e. The average Bonchev–Trinajstić information content (AvgIpc) is 3.37. The molecule has 0 saturated carbocycles. The average molecular weight is 345 g/mol. The fourth-order valence-electron chi connectivity index (χ4n) is 4.86. The van der Waals surface area contributed by atoms with Crippen molar-refractivity contribution in [2.24, 2.45) is 0 Å². The van der Waals surface area contributed by atoms with Gasteiger partial charge in [0.25, 0.3) is 0 Å². The normalized spacial score (nSPS) is 13.0. The SMILES string of the molecule is c1ccc2c(c1)Cc1ccc3c([nH]c4ccc5c6ccccc6oc5c43)c1-2. The third-order valence-corrected chi connectivity index (χ3v) is 6.04. The molecule has 0 amide bonds. The van der Waals surface area contributed by atoms with Gasteiger partial charge in [0.05, 0.1) is 16.4 Å². The van der Waals surface area contributed by atoms with Gasteiger partial charge in [-0.3, -0.25) is 0 Å². The highest BCUT2D eigenvalue weighted by atomic mass is 16.3. The van der Waals surface area contributed by atoms with Crippen molar-refractivity contribution < 1.29 is 4.42 Å². The number of furan rings is 1. The lowest BCUT2D eigenvalue weighted by atomic mass is 10.0. The molecular formula is C25H15NO. The molecule has 4 aromatic carbocycles. The summed E-state index contributed by atoms with van der Waals surface area (Å²) in [6.07, 6.45) is 1.01. The van der Waals surface area contributed by atoms with E-state index in [0.29, 0.717) is 0 Å². The lowest BCUT2D eigenvalue weighted by Crippen LogP contribution is -1.80.